The lowest BCUT2D eigenvalue weighted by molar-refractivity contribution is 0.445. The van der Waals surface area contributed by atoms with Crippen molar-refractivity contribution in [3.8, 4) is 0 Å². The minimum Gasteiger partial charge on any atom is -0.314 e. The minimum absolute atomic E-state index is 0.0636. The fourth-order valence-corrected chi connectivity index (χ4v) is 2.27. The van der Waals surface area contributed by atoms with Gasteiger partial charge in [0.25, 0.3) is 0 Å². The summed E-state index contributed by atoms with van der Waals surface area (Å²) in [6.45, 7) is 7.45. The van der Waals surface area contributed by atoms with Crippen LogP contribution in [-0.2, 0) is 6.42 Å². The van der Waals surface area contributed by atoms with Crippen molar-refractivity contribution in [2.45, 2.75) is 58.9 Å². The van der Waals surface area contributed by atoms with Gasteiger partial charge in [-0.3, -0.25) is 0 Å². The van der Waals surface area contributed by atoms with Crippen LogP contribution in [0.2, 0.25) is 0 Å². The Kier molecular flexibility index (Phi) is 6.96. The van der Waals surface area contributed by atoms with Crippen molar-refractivity contribution in [2.24, 2.45) is 0 Å². The number of halogens is 1. The summed E-state index contributed by atoms with van der Waals surface area (Å²) in [6.07, 6.45) is 5.35. The second-order valence-electron chi connectivity index (χ2n) is 5.07. The highest BCUT2D eigenvalue weighted by molar-refractivity contribution is 5.24. The lowest BCUT2D eigenvalue weighted by Crippen LogP contribution is -2.30. The third-order valence-corrected chi connectivity index (χ3v) is 3.28. The quantitative estimate of drug-likeness (QED) is 0.729. The smallest absolute Gasteiger partial charge is 0.126 e. The third-order valence-electron chi connectivity index (χ3n) is 3.28. The van der Waals surface area contributed by atoms with Gasteiger partial charge >= 0.3 is 0 Å². The van der Waals surface area contributed by atoms with Crippen LogP contribution >= 0.6 is 0 Å². The van der Waals surface area contributed by atoms with Crippen LogP contribution in [-0.4, -0.2) is 12.6 Å². The molecule has 0 heterocycles. The van der Waals surface area contributed by atoms with Gasteiger partial charge in [-0.1, -0.05) is 38.0 Å². The van der Waals surface area contributed by atoms with Crippen LogP contribution in [0.5, 0.6) is 0 Å². The van der Waals surface area contributed by atoms with Crippen molar-refractivity contribution in [3.05, 3.63) is 35.1 Å². The first-order chi connectivity index (χ1) is 8.67. The van der Waals surface area contributed by atoms with Gasteiger partial charge in [-0.25, -0.2) is 4.39 Å². The van der Waals surface area contributed by atoms with Crippen molar-refractivity contribution in [2.75, 3.05) is 6.54 Å². The Labute approximate surface area is 111 Å². The van der Waals surface area contributed by atoms with Crippen LogP contribution in [0.1, 0.15) is 50.7 Å². The molecule has 0 aromatic heterocycles. The molecule has 0 amide bonds. The predicted octanol–water partition coefficient (Wildman–Crippen LogP) is 4.24. The van der Waals surface area contributed by atoms with Crippen molar-refractivity contribution in [3.63, 3.8) is 0 Å². The molecule has 18 heavy (non-hydrogen) atoms. The summed E-state index contributed by atoms with van der Waals surface area (Å²) in [5.74, 6) is -0.0636. The SMILES string of the molecule is CCCNC(CCC)CCc1cc(C)ccc1F. The van der Waals surface area contributed by atoms with Gasteiger partial charge in [-0.2, -0.15) is 0 Å². The van der Waals surface area contributed by atoms with E-state index < -0.39 is 0 Å². The fraction of sp³-hybridized carbons (Fsp3) is 0.625. The molecule has 0 saturated heterocycles. The second kappa shape index (κ2) is 8.25. The average Bonchev–Trinajstić information content (AvgIpc) is 2.36. The van der Waals surface area contributed by atoms with Gasteiger partial charge in [0.15, 0.2) is 0 Å². The zero-order chi connectivity index (χ0) is 13.4. The number of rotatable bonds is 8. The standard InChI is InChI=1S/C16H26FN/c1-4-6-15(18-11-5-2)9-8-14-12-13(3)7-10-16(14)17/h7,10,12,15,18H,4-6,8-9,11H2,1-3H3. The Morgan fingerprint density at radius 3 is 2.61 bits per heavy atom. The van der Waals surface area contributed by atoms with Crippen LogP contribution in [0.4, 0.5) is 4.39 Å². The highest BCUT2D eigenvalue weighted by atomic mass is 19.1. The number of aryl methyl sites for hydroxylation is 2. The highest BCUT2D eigenvalue weighted by Crippen LogP contribution is 2.14. The summed E-state index contributed by atoms with van der Waals surface area (Å²) in [6, 6.07) is 5.91. The molecule has 0 fully saturated rings. The van der Waals surface area contributed by atoms with Gasteiger partial charge in [-0.05, 0) is 50.8 Å². The summed E-state index contributed by atoms with van der Waals surface area (Å²) < 4.78 is 13.6. The van der Waals surface area contributed by atoms with E-state index in [0.717, 1.165) is 36.9 Å². The molecule has 1 aromatic carbocycles. The van der Waals surface area contributed by atoms with Crippen molar-refractivity contribution in [1.29, 1.82) is 0 Å². The highest BCUT2D eigenvalue weighted by Gasteiger charge is 2.09. The Balaban J connectivity index is 2.52. The zero-order valence-electron chi connectivity index (χ0n) is 11.9. The molecule has 102 valence electrons. The molecule has 0 saturated carbocycles. The maximum atomic E-state index is 13.6. The molecule has 0 aliphatic carbocycles. The van der Waals surface area contributed by atoms with Crippen LogP contribution in [0.15, 0.2) is 18.2 Å². The first-order valence-electron chi connectivity index (χ1n) is 7.15. The zero-order valence-corrected chi connectivity index (χ0v) is 11.9. The molecule has 1 unspecified atom stereocenters. The molecule has 1 rings (SSSR count). The Bertz CT molecular complexity index is 349. The summed E-state index contributed by atoms with van der Waals surface area (Å²) in [4.78, 5) is 0. The molecular weight excluding hydrogens is 225 g/mol. The number of nitrogens with one attached hydrogen (secondary N) is 1. The normalized spacial score (nSPS) is 12.7. The van der Waals surface area contributed by atoms with E-state index in [9.17, 15) is 4.39 Å². The Morgan fingerprint density at radius 1 is 1.17 bits per heavy atom. The molecule has 0 spiro atoms. The Morgan fingerprint density at radius 2 is 1.94 bits per heavy atom. The fourth-order valence-electron chi connectivity index (χ4n) is 2.27. The maximum absolute atomic E-state index is 13.6. The summed E-state index contributed by atoms with van der Waals surface area (Å²) in [5.41, 5.74) is 1.99. The van der Waals surface area contributed by atoms with Gasteiger partial charge in [0.05, 0.1) is 0 Å². The third kappa shape index (κ3) is 5.18. The topological polar surface area (TPSA) is 12.0 Å². The van der Waals surface area contributed by atoms with E-state index in [0.29, 0.717) is 6.04 Å². The molecule has 2 heteroatoms. The molecule has 1 atom stereocenters. The first-order valence-corrected chi connectivity index (χ1v) is 7.15. The summed E-state index contributed by atoms with van der Waals surface area (Å²) in [7, 11) is 0. The number of hydrogen-bond acceptors (Lipinski definition) is 1. The average molecular weight is 251 g/mol. The number of benzene rings is 1. The van der Waals surface area contributed by atoms with Crippen LogP contribution in [0.3, 0.4) is 0 Å². The molecule has 0 radical (unpaired) electrons. The predicted molar refractivity (Wildman–Crippen MR) is 76.4 cm³/mol. The monoisotopic (exact) mass is 251 g/mol. The lowest BCUT2D eigenvalue weighted by Gasteiger charge is -2.18. The minimum atomic E-state index is -0.0636. The maximum Gasteiger partial charge on any atom is 0.126 e. The molecular formula is C16H26FN. The lowest BCUT2D eigenvalue weighted by atomic mass is 10.00. The van der Waals surface area contributed by atoms with E-state index in [-0.39, 0.29) is 5.82 Å². The molecule has 0 bridgehead atoms. The van der Waals surface area contributed by atoms with Crippen LogP contribution < -0.4 is 5.32 Å². The van der Waals surface area contributed by atoms with Crippen LogP contribution in [0, 0.1) is 12.7 Å². The number of hydrogen-bond donors (Lipinski definition) is 1. The molecule has 0 aliphatic rings. The van der Waals surface area contributed by atoms with E-state index >= 15 is 0 Å². The first kappa shape index (κ1) is 15.2. The van der Waals surface area contributed by atoms with Crippen molar-refractivity contribution >= 4 is 0 Å². The summed E-state index contributed by atoms with van der Waals surface area (Å²) >= 11 is 0. The van der Waals surface area contributed by atoms with Gasteiger partial charge in [0.2, 0.25) is 0 Å². The largest absolute Gasteiger partial charge is 0.314 e. The molecule has 1 aromatic rings. The molecule has 0 aliphatic heterocycles. The van der Waals surface area contributed by atoms with Gasteiger partial charge in [0, 0.05) is 6.04 Å². The van der Waals surface area contributed by atoms with E-state index in [1.54, 1.807) is 6.07 Å². The van der Waals surface area contributed by atoms with Crippen LogP contribution in [0.25, 0.3) is 0 Å². The van der Waals surface area contributed by atoms with E-state index in [2.05, 4.69) is 19.2 Å². The Hall–Kier alpha value is -0.890. The van der Waals surface area contributed by atoms with E-state index in [4.69, 9.17) is 0 Å². The summed E-state index contributed by atoms with van der Waals surface area (Å²) in [5, 5.41) is 3.55. The molecule has 1 N–H and O–H groups in total. The van der Waals surface area contributed by atoms with Crippen molar-refractivity contribution < 1.29 is 4.39 Å². The second-order valence-corrected chi connectivity index (χ2v) is 5.07. The molecule has 1 nitrogen and oxygen atoms in total. The van der Waals surface area contributed by atoms with Gasteiger partial charge in [-0.15, -0.1) is 0 Å². The van der Waals surface area contributed by atoms with Crippen molar-refractivity contribution in [1.82, 2.24) is 5.32 Å². The van der Waals surface area contributed by atoms with E-state index in [1.165, 1.54) is 12.8 Å². The van der Waals surface area contributed by atoms with Gasteiger partial charge < -0.3 is 5.32 Å². The van der Waals surface area contributed by atoms with Gasteiger partial charge in [0.1, 0.15) is 5.82 Å². The van der Waals surface area contributed by atoms with E-state index in [1.807, 2.05) is 19.1 Å².